The van der Waals surface area contributed by atoms with Crippen LogP contribution >= 0.6 is 7.82 Å². The number of hydrogen-bond acceptors (Lipinski definition) is 8. The molecule has 3 aromatic rings. The Labute approximate surface area is 190 Å². The summed E-state index contributed by atoms with van der Waals surface area (Å²) in [4.78, 5) is 40.2. The average Bonchev–Trinajstić information content (AvgIpc) is 3.38. The first-order valence-corrected chi connectivity index (χ1v) is 11.0. The van der Waals surface area contributed by atoms with Crippen LogP contribution in [0.25, 0.3) is 22.6 Å². The number of rotatable bonds is 5. The molecule has 2 unspecified atom stereocenters. The van der Waals surface area contributed by atoms with E-state index < -0.39 is 38.6 Å². The van der Waals surface area contributed by atoms with Crippen molar-refractivity contribution < 1.29 is 42.7 Å². The number of ether oxygens (including phenoxy) is 1. The summed E-state index contributed by atoms with van der Waals surface area (Å²) in [6, 6.07) is 7.56. The Kier molecular flexibility index (Phi) is 7.64. The Balaban J connectivity index is 0.000000588. The van der Waals surface area contributed by atoms with E-state index in [1.807, 2.05) is 0 Å². The first-order valence-electron chi connectivity index (χ1n) is 9.47. The van der Waals surface area contributed by atoms with Gasteiger partial charge < -0.3 is 24.5 Å². The van der Waals surface area contributed by atoms with E-state index in [1.54, 1.807) is 25.2 Å². The third-order valence-corrected chi connectivity index (χ3v) is 4.50. The number of tetrazole rings is 1. The van der Waals surface area contributed by atoms with Crippen molar-refractivity contribution in [2.24, 2.45) is 7.05 Å². The lowest BCUT2D eigenvalue weighted by Crippen LogP contribution is -2.32. The van der Waals surface area contributed by atoms with Crippen molar-refractivity contribution in [3.05, 3.63) is 42.3 Å². The minimum absolute atomic E-state index is 0.0654. The molecular weight excluding hydrogens is 481 g/mol. The number of nitrogens with zero attached hydrogens (tertiary/aromatic N) is 6. The molecule has 0 spiro atoms. The Morgan fingerprint density at radius 1 is 1.26 bits per heavy atom. The number of amides is 1. The van der Waals surface area contributed by atoms with Crippen molar-refractivity contribution in [1.82, 2.24) is 25.2 Å². The van der Waals surface area contributed by atoms with Crippen LogP contribution in [0.4, 0.5) is 19.3 Å². The van der Waals surface area contributed by atoms with Crippen LogP contribution in [0, 0.1) is 5.82 Å². The molecule has 0 aliphatic carbocycles. The van der Waals surface area contributed by atoms with Crippen LogP contribution in [0.3, 0.4) is 0 Å². The summed E-state index contributed by atoms with van der Waals surface area (Å²) < 4.78 is 41.1. The molecule has 1 aliphatic rings. The van der Waals surface area contributed by atoms with E-state index in [4.69, 9.17) is 24.0 Å². The summed E-state index contributed by atoms with van der Waals surface area (Å²) in [5.41, 5.74) is 1.55. The summed E-state index contributed by atoms with van der Waals surface area (Å²) in [6.45, 7) is -1.10. The van der Waals surface area contributed by atoms with Crippen molar-refractivity contribution in [2.75, 3.05) is 18.1 Å². The number of carbonyl (C=O) groups excluding carboxylic acids is 1. The molecule has 1 aliphatic heterocycles. The molecule has 1 aromatic carbocycles. The van der Waals surface area contributed by atoms with Crippen LogP contribution in [0.2, 0.25) is 0 Å². The molecule has 0 bridgehead atoms. The molecule has 2 aromatic heterocycles. The number of aliphatic hydroxyl groups is 1. The van der Waals surface area contributed by atoms with E-state index in [-0.39, 0.29) is 17.8 Å². The maximum atomic E-state index is 14.7. The number of halogens is 2. The van der Waals surface area contributed by atoms with Gasteiger partial charge in [-0.2, -0.15) is 4.80 Å². The van der Waals surface area contributed by atoms with Gasteiger partial charge in [-0.05, 0) is 29.5 Å². The van der Waals surface area contributed by atoms with Gasteiger partial charge in [-0.25, -0.2) is 18.1 Å². The average molecular weight is 500 g/mol. The van der Waals surface area contributed by atoms with Gasteiger partial charge in [0.15, 0.2) is 6.10 Å². The summed E-state index contributed by atoms with van der Waals surface area (Å²) in [7, 11) is -3.00. The minimum atomic E-state index is -4.64. The lowest BCUT2D eigenvalue weighted by atomic mass is 10.1. The van der Waals surface area contributed by atoms with Gasteiger partial charge in [0.2, 0.25) is 5.82 Å². The number of pyridine rings is 1. The van der Waals surface area contributed by atoms with Crippen LogP contribution in [0.1, 0.15) is 0 Å². The van der Waals surface area contributed by atoms with Gasteiger partial charge in [-0.15, -0.1) is 10.2 Å². The van der Waals surface area contributed by atoms with Gasteiger partial charge >= 0.3 is 13.9 Å². The zero-order valence-corrected chi connectivity index (χ0v) is 18.3. The Bertz CT molecular complexity index is 1200. The predicted octanol–water partition coefficient (Wildman–Crippen LogP) is 0.805. The summed E-state index contributed by atoms with van der Waals surface area (Å²) in [6.07, 6.45) is -1.69. The van der Waals surface area contributed by atoms with Crippen LogP contribution in [-0.2, 0) is 16.3 Å². The predicted molar refractivity (Wildman–Crippen MR) is 111 cm³/mol. The van der Waals surface area contributed by atoms with Gasteiger partial charge in [0.1, 0.15) is 24.3 Å². The second-order valence-electron chi connectivity index (χ2n) is 6.97. The maximum Gasteiger partial charge on any atom is 0.466 e. The number of aliphatic hydroxyl groups excluding tert-OH is 1. The minimum Gasteiger partial charge on any atom is -0.441 e. The van der Waals surface area contributed by atoms with Crippen LogP contribution in [0.5, 0.6) is 0 Å². The van der Waals surface area contributed by atoms with E-state index in [0.717, 1.165) is 4.90 Å². The highest BCUT2D eigenvalue weighted by Gasteiger charge is 2.37. The van der Waals surface area contributed by atoms with E-state index in [1.165, 1.54) is 23.1 Å². The standard InChI is InChI=1S/C18H16F2N6O3.H3O4P/c1-25-23-17(22-24-25)14-5-2-10(8-21-14)12-4-3-11(6-13(12)20)26-9-16(15(27)7-19)29-18(26)28;1-5(2,3)4/h2-6,8,15-16,27H,7,9H2,1H3;(H3,1,2,3,4). The van der Waals surface area contributed by atoms with E-state index in [2.05, 4.69) is 20.4 Å². The molecule has 34 heavy (non-hydrogen) atoms. The number of aromatic nitrogens is 5. The highest BCUT2D eigenvalue weighted by atomic mass is 31.2. The van der Waals surface area contributed by atoms with Crippen molar-refractivity contribution in [3.8, 4) is 22.6 Å². The fraction of sp³-hybridized carbons (Fsp3) is 0.278. The summed E-state index contributed by atoms with van der Waals surface area (Å²) in [5.74, 6) is -0.218. The van der Waals surface area contributed by atoms with Crippen molar-refractivity contribution in [3.63, 3.8) is 0 Å². The first kappa shape index (κ1) is 25.3. The van der Waals surface area contributed by atoms with Crippen LogP contribution < -0.4 is 4.90 Å². The zero-order valence-electron chi connectivity index (χ0n) is 17.4. The summed E-state index contributed by atoms with van der Waals surface area (Å²) in [5, 5.41) is 21.2. The first-order chi connectivity index (χ1) is 16.0. The molecule has 3 heterocycles. The van der Waals surface area contributed by atoms with Crippen molar-refractivity contribution in [1.29, 1.82) is 0 Å². The third-order valence-electron chi connectivity index (χ3n) is 4.50. The number of phosphoric acid groups is 1. The number of hydrogen-bond donors (Lipinski definition) is 4. The molecule has 13 nitrogen and oxygen atoms in total. The highest BCUT2D eigenvalue weighted by molar-refractivity contribution is 7.45. The topological polar surface area (TPSA) is 184 Å². The highest BCUT2D eigenvalue weighted by Crippen LogP contribution is 2.30. The van der Waals surface area contributed by atoms with Gasteiger partial charge in [0, 0.05) is 17.3 Å². The van der Waals surface area contributed by atoms with Gasteiger partial charge in [-0.1, -0.05) is 6.07 Å². The number of anilines is 1. The molecule has 1 fully saturated rings. The smallest absolute Gasteiger partial charge is 0.441 e. The lowest BCUT2D eigenvalue weighted by molar-refractivity contribution is 0.0188. The zero-order chi connectivity index (χ0) is 25.0. The number of cyclic esters (lactones) is 1. The van der Waals surface area contributed by atoms with E-state index >= 15 is 0 Å². The van der Waals surface area contributed by atoms with Crippen molar-refractivity contribution in [2.45, 2.75) is 12.2 Å². The molecular formula is C18H19F2N6O7P. The Morgan fingerprint density at radius 3 is 2.50 bits per heavy atom. The molecule has 1 saturated heterocycles. The van der Waals surface area contributed by atoms with Gasteiger partial charge in [0.25, 0.3) is 0 Å². The number of alkyl halides is 1. The number of carbonyl (C=O) groups is 1. The molecule has 16 heteroatoms. The normalized spacial score (nSPS) is 16.6. The molecule has 182 valence electrons. The molecule has 4 N–H and O–H groups in total. The Morgan fingerprint density at radius 2 is 1.97 bits per heavy atom. The van der Waals surface area contributed by atoms with E-state index in [9.17, 15) is 18.7 Å². The molecule has 4 rings (SSSR count). The third kappa shape index (κ3) is 6.36. The SMILES string of the molecule is Cn1nnc(-c2ccc(-c3ccc(N4CC(C(O)CF)OC4=O)cc3F)cn2)n1.O=P(O)(O)O. The fourth-order valence-electron chi connectivity index (χ4n) is 2.97. The fourth-order valence-corrected chi connectivity index (χ4v) is 2.97. The quantitative estimate of drug-likeness (QED) is 0.364. The van der Waals surface area contributed by atoms with E-state index in [0.29, 0.717) is 17.1 Å². The Hall–Kier alpha value is -3.36. The molecule has 0 saturated carbocycles. The van der Waals surface area contributed by atoms with Gasteiger partial charge in [-0.3, -0.25) is 9.88 Å². The molecule has 2 atom stereocenters. The van der Waals surface area contributed by atoms with Crippen LogP contribution in [-0.4, -0.2) is 76.5 Å². The second-order valence-corrected chi connectivity index (χ2v) is 7.99. The number of aryl methyl sites for hydroxylation is 1. The second kappa shape index (κ2) is 10.3. The monoisotopic (exact) mass is 500 g/mol. The van der Waals surface area contributed by atoms with Crippen molar-refractivity contribution >= 4 is 19.6 Å². The summed E-state index contributed by atoms with van der Waals surface area (Å²) >= 11 is 0. The van der Waals surface area contributed by atoms with Crippen LogP contribution in [0.15, 0.2) is 36.5 Å². The largest absolute Gasteiger partial charge is 0.466 e. The van der Waals surface area contributed by atoms with Gasteiger partial charge in [0.05, 0.1) is 19.3 Å². The number of benzene rings is 1. The molecule has 1 amide bonds. The molecule has 0 radical (unpaired) electrons. The maximum absolute atomic E-state index is 14.7. The lowest BCUT2D eigenvalue weighted by Gasteiger charge is -2.15.